The van der Waals surface area contributed by atoms with Crippen molar-refractivity contribution in [1.29, 1.82) is 0 Å². The van der Waals surface area contributed by atoms with Gasteiger partial charge in [0.2, 0.25) is 0 Å². The number of aryl methyl sites for hydroxylation is 1. The number of hydrogen-bond acceptors (Lipinski definition) is 3. The van der Waals surface area contributed by atoms with Crippen LogP contribution in [0, 0.1) is 12.7 Å². The molecule has 0 unspecified atom stereocenters. The molecule has 0 saturated heterocycles. The molecule has 0 aliphatic rings. The average molecular weight is 289 g/mol. The van der Waals surface area contributed by atoms with E-state index in [2.05, 4.69) is 5.32 Å². The van der Waals surface area contributed by atoms with Crippen molar-refractivity contribution in [3.8, 4) is 11.5 Å². The Balaban J connectivity index is 2.34. The highest BCUT2D eigenvalue weighted by Crippen LogP contribution is 2.29. The molecule has 0 atom stereocenters. The summed E-state index contributed by atoms with van der Waals surface area (Å²) in [6.07, 6.45) is 0. The van der Waals surface area contributed by atoms with Crippen molar-refractivity contribution in [3.63, 3.8) is 0 Å². The normalized spacial score (nSPS) is 10.1. The summed E-state index contributed by atoms with van der Waals surface area (Å²) in [5.74, 6) is 0.120. The van der Waals surface area contributed by atoms with Gasteiger partial charge in [-0.1, -0.05) is 6.07 Å². The van der Waals surface area contributed by atoms with E-state index >= 15 is 0 Å². The summed E-state index contributed by atoms with van der Waals surface area (Å²) < 4.78 is 23.6. The Morgan fingerprint density at radius 3 is 2.24 bits per heavy atom. The molecule has 1 N–H and O–H groups in total. The molecule has 0 saturated carbocycles. The van der Waals surface area contributed by atoms with Gasteiger partial charge in [-0.2, -0.15) is 0 Å². The summed E-state index contributed by atoms with van der Waals surface area (Å²) in [5, 5.41) is 2.71. The number of methoxy groups -OCH3 is 2. The summed E-state index contributed by atoms with van der Waals surface area (Å²) in [5.41, 5.74) is 1.26. The van der Waals surface area contributed by atoms with Gasteiger partial charge in [0.15, 0.2) is 0 Å². The zero-order valence-electron chi connectivity index (χ0n) is 12.1. The van der Waals surface area contributed by atoms with Crippen molar-refractivity contribution in [1.82, 2.24) is 0 Å². The van der Waals surface area contributed by atoms with Gasteiger partial charge in [0.05, 0.1) is 14.2 Å². The van der Waals surface area contributed by atoms with Gasteiger partial charge >= 0.3 is 0 Å². The minimum atomic E-state index is -0.379. The number of amides is 1. The van der Waals surface area contributed by atoms with Crippen molar-refractivity contribution in [2.45, 2.75) is 6.92 Å². The first-order chi connectivity index (χ1) is 10.1. The van der Waals surface area contributed by atoms with E-state index in [0.717, 1.165) is 0 Å². The third kappa shape index (κ3) is 3.13. The van der Waals surface area contributed by atoms with Gasteiger partial charge in [-0.3, -0.25) is 4.79 Å². The molecule has 21 heavy (non-hydrogen) atoms. The molecule has 5 heteroatoms. The minimum absolute atomic E-state index is 0.296. The first-order valence-corrected chi connectivity index (χ1v) is 6.35. The predicted molar refractivity (Wildman–Crippen MR) is 78.6 cm³/mol. The maximum Gasteiger partial charge on any atom is 0.263 e. The summed E-state index contributed by atoms with van der Waals surface area (Å²) in [4.78, 5) is 12.4. The average Bonchev–Trinajstić information content (AvgIpc) is 2.49. The Bertz CT molecular complexity index is 648. The second-order valence-electron chi connectivity index (χ2n) is 4.46. The molecule has 0 bridgehead atoms. The third-order valence-electron chi connectivity index (χ3n) is 3.07. The molecule has 4 nitrogen and oxygen atoms in total. The fourth-order valence-corrected chi connectivity index (χ4v) is 1.99. The van der Waals surface area contributed by atoms with Crippen LogP contribution < -0.4 is 14.8 Å². The fraction of sp³-hybridized carbons (Fsp3) is 0.188. The van der Waals surface area contributed by atoms with Crippen LogP contribution in [0.25, 0.3) is 0 Å². The van der Waals surface area contributed by atoms with Gasteiger partial charge < -0.3 is 14.8 Å². The maximum atomic E-state index is 13.2. The Labute approximate surface area is 122 Å². The number of halogens is 1. The number of hydrogen-bond donors (Lipinski definition) is 1. The SMILES string of the molecule is COc1cccc(OC)c1C(=O)Nc1ccc(F)c(C)c1. The van der Waals surface area contributed by atoms with Crippen molar-refractivity contribution in [3.05, 3.63) is 53.3 Å². The standard InChI is InChI=1S/C16H16FNO3/c1-10-9-11(7-8-12(10)17)18-16(19)15-13(20-2)5-4-6-14(15)21-3/h4-9H,1-3H3,(H,18,19). The third-order valence-corrected chi connectivity index (χ3v) is 3.07. The summed E-state index contributed by atoms with van der Waals surface area (Å²) >= 11 is 0. The molecular formula is C16H16FNO3. The lowest BCUT2D eigenvalue weighted by molar-refractivity contribution is 0.102. The number of carbonyl (C=O) groups excluding carboxylic acids is 1. The summed E-state index contributed by atoms with van der Waals surface area (Å²) in [6.45, 7) is 1.63. The lowest BCUT2D eigenvalue weighted by Crippen LogP contribution is -2.14. The number of ether oxygens (including phenoxy) is 2. The lowest BCUT2D eigenvalue weighted by atomic mass is 10.1. The van der Waals surface area contributed by atoms with Crippen LogP contribution in [-0.4, -0.2) is 20.1 Å². The van der Waals surface area contributed by atoms with E-state index in [4.69, 9.17) is 9.47 Å². The second kappa shape index (κ2) is 6.26. The molecule has 0 aliphatic carbocycles. The van der Waals surface area contributed by atoms with Gasteiger partial charge in [0, 0.05) is 5.69 Å². The Kier molecular flexibility index (Phi) is 4.42. The summed E-state index contributed by atoms with van der Waals surface area (Å²) in [6, 6.07) is 9.46. The molecule has 1 amide bonds. The number of anilines is 1. The molecule has 110 valence electrons. The number of rotatable bonds is 4. The van der Waals surface area contributed by atoms with Crippen molar-refractivity contribution < 1.29 is 18.7 Å². The molecule has 0 heterocycles. The van der Waals surface area contributed by atoms with Gasteiger partial charge in [-0.15, -0.1) is 0 Å². The van der Waals surface area contributed by atoms with Crippen LogP contribution in [0.15, 0.2) is 36.4 Å². The molecule has 0 fully saturated rings. The van der Waals surface area contributed by atoms with E-state index in [-0.39, 0.29) is 11.7 Å². The van der Waals surface area contributed by atoms with Crippen LogP contribution in [0.5, 0.6) is 11.5 Å². The van der Waals surface area contributed by atoms with E-state index in [1.807, 2.05) is 0 Å². The lowest BCUT2D eigenvalue weighted by Gasteiger charge is -2.13. The van der Waals surface area contributed by atoms with Crippen LogP contribution in [-0.2, 0) is 0 Å². The zero-order chi connectivity index (χ0) is 15.4. The highest BCUT2D eigenvalue weighted by atomic mass is 19.1. The number of benzene rings is 2. The molecule has 0 radical (unpaired) electrons. The first kappa shape index (κ1) is 14.8. The molecular weight excluding hydrogens is 273 g/mol. The number of carbonyl (C=O) groups is 1. The topological polar surface area (TPSA) is 47.6 Å². The van der Waals surface area contributed by atoms with Crippen LogP contribution in [0.2, 0.25) is 0 Å². The van der Waals surface area contributed by atoms with E-state index in [1.165, 1.54) is 26.4 Å². The number of nitrogens with one attached hydrogen (secondary N) is 1. The molecule has 2 aromatic rings. The van der Waals surface area contributed by atoms with Crippen LogP contribution in [0.1, 0.15) is 15.9 Å². The highest BCUT2D eigenvalue weighted by molar-refractivity contribution is 6.08. The Morgan fingerprint density at radius 2 is 1.71 bits per heavy atom. The van der Waals surface area contributed by atoms with Crippen LogP contribution in [0.4, 0.5) is 10.1 Å². The largest absolute Gasteiger partial charge is 0.496 e. The second-order valence-corrected chi connectivity index (χ2v) is 4.46. The van der Waals surface area contributed by atoms with E-state index in [0.29, 0.717) is 28.3 Å². The van der Waals surface area contributed by atoms with Crippen LogP contribution >= 0.6 is 0 Å². The summed E-state index contributed by atoms with van der Waals surface area (Å²) in [7, 11) is 2.96. The van der Waals surface area contributed by atoms with Gasteiger partial charge in [0.1, 0.15) is 22.9 Å². The quantitative estimate of drug-likeness (QED) is 0.938. The maximum absolute atomic E-state index is 13.2. The van der Waals surface area contributed by atoms with Gasteiger partial charge in [-0.05, 0) is 42.8 Å². The molecule has 0 aliphatic heterocycles. The van der Waals surface area contributed by atoms with Gasteiger partial charge in [0.25, 0.3) is 5.91 Å². The highest BCUT2D eigenvalue weighted by Gasteiger charge is 2.18. The van der Waals surface area contributed by atoms with Crippen molar-refractivity contribution in [2.24, 2.45) is 0 Å². The Hall–Kier alpha value is -2.56. The van der Waals surface area contributed by atoms with Crippen molar-refractivity contribution >= 4 is 11.6 Å². The first-order valence-electron chi connectivity index (χ1n) is 6.35. The molecule has 2 aromatic carbocycles. The molecule has 0 spiro atoms. The predicted octanol–water partition coefficient (Wildman–Crippen LogP) is 3.40. The zero-order valence-corrected chi connectivity index (χ0v) is 12.1. The van der Waals surface area contributed by atoms with Gasteiger partial charge in [-0.25, -0.2) is 4.39 Å². The van der Waals surface area contributed by atoms with E-state index in [9.17, 15) is 9.18 Å². The molecule has 2 rings (SSSR count). The molecule has 0 aromatic heterocycles. The van der Waals surface area contributed by atoms with Crippen molar-refractivity contribution in [2.75, 3.05) is 19.5 Å². The van der Waals surface area contributed by atoms with Crippen LogP contribution in [0.3, 0.4) is 0 Å². The fourth-order valence-electron chi connectivity index (χ4n) is 1.99. The monoisotopic (exact) mass is 289 g/mol. The van der Waals surface area contributed by atoms with E-state index in [1.54, 1.807) is 31.2 Å². The van der Waals surface area contributed by atoms with E-state index < -0.39 is 0 Å². The minimum Gasteiger partial charge on any atom is -0.496 e. The smallest absolute Gasteiger partial charge is 0.263 e. The Morgan fingerprint density at radius 1 is 1.10 bits per heavy atom.